The molecule has 0 bridgehead atoms. The van der Waals surface area contributed by atoms with Crippen molar-refractivity contribution in [2.24, 2.45) is 0 Å². The Bertz CT molecular complexity index is 430. The third-order valence-corrected chi connectivity index (χ3v) is 2.34. The molecule has 0 atom stereocenters. The molecule has 2 aromatic rings. The minimum absolute atomic E-state index is 0.243. The Morgan fingerprint density at radius 3 is 2.69 bits per heavy atom. The first kappa shape index (κ1) is 11.0. The maximum atomic E-state index is 5.55. The van der Waals surface area contributed by atoms with Crippen molar-refractivity contribution in [3.8, 4) is 0 Å². The molecule has 5 heteroatoms. The molecule has 1 aromatic heterocycles. The van der Waals surface area contributed by atoms with Crippen LogP contribution in [-0.4, -0.2) is 16.7 Å². The van der Waals surface area contributed by atoms with E-state index < -0.39 is 0 Å². The number of aromatic nitrogens is 2. The zero-order chi connectivity index (χ0) is 11.2. The standard InChI is InChI=1S/C11H12ClN3O/c12-8-10-14-15-11(16-10)13-7-6-9-4-2-1-3-5-9/h1-5H,6-8H2,(H,13,15). The fourth-order valence-electron chi connectivity index (χ4n) is 1.34. The van der Waals surface area contributed by atoms with E-state index in [1.165, 1.54) is 5.56 Å². The summed E-state index contributed by atoms with van der Waals surface area (Å²) in [5, 5.41) is 10.6. The van der Waals surface area contributed by atoms with Crippen LogP contribution in [0, 0.1) is 0 Å². The van der Waals surface area contributed by atoms with Gasteiger partial charge in [0.05, 0.1) is 0 Å². The molecule has 2 rings (SSSR count). The van der Waals surface area contributed by atoms with Crippen LogP contribution in [0.3, 0.4) is 0 Å². The lowest BCUT2D eigenvalue weighted by Gasteiger charge is -2.01. The predicted molar refractivity (Wildman–Crippen MR) is 62.5 cm³/mol. The van der Waals surface area contributed by atoms with Crippen molar-refractivity contribution in [2.75, 3.05) is 11.9 Å². The fraction of sp³-hybridized carbons (Fsp3) is 0.273. The number of rotatable bonds is 5. The molecule has 0 aliphatic carbocycles. The highest BCUT2D eigenvalue weighted by Gasteiger charge is 2.03. The van der Waals surface area contributed by atoms with Gasteiger partial charge in [-0.1, -0.05) is 35.4 Å². The van der Waals surface area contributed by atoms with E-state index in [1.807, 2.05) is 18.2 Å². The topological polar surface area (TPSA) is 51.0 Å². The third-order valence-electron chi connectivity index (χ3n) is 2.11. The lowest BCUT2D eigenvalue weighted by Crippen LogP contribution is -2.04. The molecule has 0 fully saturated rings. The van der Waals surface area contributed by atoms with Gasteiger partial charge in [-0.25, -0.2) is 0 Å². The number of benzene rings is 1. The summed E-state index contributed by atoms with van der Waals surface area (Å²) in [6.45, 7) is 0.758. The molecule has 0 saturated carbocycles. The van der Waals surface area contributed by atoms with Crippen LogP contribution in [0.2, 0.25) is 0 Å². The minimum Gasteiger partial charge on any atom is -0.407 e. The number of hydrogen-bond donors (Lipinski definition) is 1. The first-order valence-corrected chi connectivity index (χ1v) is 5.58. The second-order valence-electron chi connectivity index (χ2n) is 3.30. The summed E-state index contributed by atoms with van der Waals surface area (Å²) in [7, 11) is 0. The second kappa shape index (κ2) is 5.51. The SMILES string of the molecule is ClCc1nnc(NCCc2ccccc2)o1. The van der Waals surface area contributed by atoms with Crippen molar-refractivity contribution >= 4 is 17.6 Å². The van der Waals surface area contributed by atoms with E-state index in [9.17, 15) is 0 Å². The van der Waals surface area contributed by atoms with Gasteiger partial charge in [0, 0.05) is 6.54 Å². The number of alkyl halides is 1. The number of nitrogens with zero attached hydrogens (tertiary/aromatic N) is 2. The van der Waals surface area contributed by atoms with Crippen molar-refractivity contribution in [2.45, 2.75) is 12.3 Å². The molecule has 1 heterocycles. The fourth-order valence-corrected chi connectivity index (χ4v) is 1.45. The van der Waals surface area contributed by atoms with E-state index in [0.717, 1.165) is 13.0 Å². The highest BCUT2D eigenvalue weighted by atomic mass is 35.5. The van der Waals surface area contributed by atoms with Gasteiger partial charge in [0.2, 0.25) is 5.89 Å². The normalized spacial score (nSPS) is 10.3. The van der Waals surface area contributed by atoms with E-state index in [0.29, 0.717) is 11.9 Å². The molecular weight excluding hydrogens is 226 g/mol. The van der Waals surface area contributed by atoms with Gasteiger partial charge < -0.3 is 9.73 Å². The summed E-state index contributed by atoms with van der Waals surface area (Å²) < 4.78 is 5.21. The van der Waals surface area contributed by atoms with Crippen LogP contribution in [0.1, 0.15) is 11.5 Å². The van der Waals surface area contributed by atoms with E-state index in [4.69, 9.17) is 16.0 Å². The smallest absolute Gasteiger partial charge is 0.315 e. The Morgan fingerprint density at radius 2 is 2.00 bits per heavy atom. The van der Waals surface area contributed by atoms with Gasteiger partial charge in [-0.15, -0.1) is 16.7 Å². The van der Waals surface area contributed by atoms with Gasteiger partial charge in [0.15, 0.2) is 0 Å². The number of anilines is 1. The Labute approximate surface area is 98.6 Å². The predicted octanol–water partition coefficient (Wildman–Crippen LogP) is 2.46. The van der Waals surface area contributed by atoms with Crippen LogP contribution in [0.15, 0.2) is 34.7 Å². The summed E-state index contributed by atoms with van der Waals surface area (Å²) in [6.07, 6.45) is 0.916. The summed E-state index contributed by atoms with van der Waals surface area (Å²) in [5.74, 6) is 0.678. The van der Waals surface area contributed by atoms with Crippen LogP contribution in [-0.2, 0) is 12.3 Å². The average Bonchev–Trinajstić information content (AvgIpc) is 2.78. The number of halogens is 1. The van der Waals surface area contributed by atoms with Crippen molar-refractivity contribution in [1.29, 1.82) is 0 Å². The first-order chi connectivity index (χ1) is 7.88. The van der Waals surface area contributed by atoms with Crippen LogP contribution < -0.4 is 5.32 Å². The van der Waals surface area contributed by atoms with Crippen molar-refractivity contribution in [3.05, 3.63) is 41.8 Å². The van der Waals surface area contributed by atoms with Gasteiger partial charge in [-0.05, 0) is 12.0 Å². The Hall–Kier alpha value is -1.55. The Balaban J connectivity index is 1.80. The van der Waals surface area contributed by atoms with Crippen LogP contribution >= 0.6 is 11.6 Å². The molecule has 0 spiro atoms. The second-order valence-corrected chi connectivity index (χ2v) is 3.56. The molecule has 0 saturated heterocycles. The Kier molecular flexibility index (Phi) is 3.77. The quantitative estimate of drug-likeness (QED) is 0.812. The summed E-state index contributed by atoms with van der Waals surface area (Å²) >= 11 is 5.55. The van der Waals surface area contributed by atoms with Crippen molar-refractivity contribution < 1.29 is 4.42 Å². The summed E-state index contributed by atoms with van der Waals surface area (Å²) in [6, 6.07) is 10.6. The van der Waals surface area contributed by atoms with Gasteiger partial charge in [0.25, 0.3) is 0 Å². The zero-order valence-corrected chi connectivity index (χ0v) is 9.44. The molecule has 0 radical (unpaired) electrons. The third kappa shape index (κ3) is 2.97. The van der Waals surface area contributed by atoms with Crippen LogP contribution in [0.5, 0.6) is 0 Å². The van der Waals surface area contributed by atoms with Crippen molar-refractivity contribution in [1.82, 2.24) is 10.2 Å². The molecule has 0 amide bonds. The van der Waals surface area contributed by atoms with Gasteiger partial charge in [0.1, 0.15) is 5.88 Å². The van der Waals surface area contributed by atoms with Crippen LogP contribution in [0.25, 0.3) is 0 Å². The average molecular weight is 238 g/mol. The Morgan fingerprint density at radius 1 is 1.19 bits per heavy atom. The number of hydrogen-bond acceptors (Lipinski definition) is 4. The highest BCUT2D eigenvalue weighted by Crippen LogP contribution is 2.07. The molecular formula is C11H12ClN3O. The molecule has 0 aliphatic heterocycles. The molecule has 0 unspecified atom stereocenters. The maximum absolute atomic E-state index is 5.55. The van der Waals surface area contributed by atoms with Crippen LogP contribution in [0.4, 0.5) is 6.01 Å². The van der Waals surface area contributed by atoms with Gasteiger partial charge >= 0.3 is 6.01 Å². The van der Waals surface area contributed by atoms with Gasteiger partial charge in [-0.3, -0.25) is 0 Å². The minimum atomic E-state index is 0.243. The van der Waals surface area contributed by atoms with E-state index in [2.05, 4.69) is 27.6 Å². The molecule has 4 nitrogen and oxygen atoms in total. The monoisotopic (exact) mass is 237 g/mol. The van der Waals surface area contributed by atoms with E-state index >= 15 is 0 Å². The molecule has 0 aliphatic rings. The lowest BCUT2D eigenvalue weighted by atomic mass is 10.1. The first-order valence-electron chi connectivity index (χ1n) is 5.04. The maximum Gasteiger partial charge on any atom is 0.315 e. The highest BCUT2D eigenvalue weighted by molar-refractivity contribution is 6.16. The van der Waals surface area contributed by atoms with Gasteiger partial charge in [-0.2, -0.15) is 0 Å². The largest absolute Gasteiger partial charge is 0.407 e. The van der Waals surface area contributed by atoms with E-state index in [1.54, 1.807) is 0 Å². The van der Waals surface area contributed by atoms with Crippen molar-refractivity contribution in [3.63, 3.8) is 0 Å². The molecule has 84 valence electrons. The summed E-state index contributed by atoms with van der Waals surface area (Å²) in [4.78, 5) is 0. The lowest BCUT2D eigenvalue weighted by molar-refractivity contribution is 0.525. The zero-order valence-electron chi connectivity index (χ0n) is 8.69. The summed E-state index contributed by atoms with van der Waals surface area (Å²) in [5.41, 5.74) is 1.27. The van der Waals surface area contributed by atoms with E-state index in [-0.39, 0.29) is 5.88 Å². The molecule has 16 heavy (non-hydrogen) atoms. The molecule has 1 N–H and O–H groups in total. The molecule has 1 aromatic carbocycles. The number of nitrogens with one attached hydrogen (secondary N) is 1.